The fourth-order valence-corrected chi connectivity index (χ4v) is 3.93. The van der Waals surface area contributed by atoms with Gasteiger partial charge in [0, 0.05) is 23.9 Å². The summed E-state index contributed by atoms with van der Waals surface area (Å²) in [6, 6.07) is 21.9. The zero-order valence-electron chi connectivity index (χ0n) is 17.0. The first-order chi connectivity index (χ1) is 13.9. The minimum absolute atomic E-state index is 0.147. The van der Waals surface area contributed by atoms with Crippen LogP contribution in [0.2, 0.25) is 0 Å². The summed E-state index contributed by atoms with van der Waals surface area (Å²) in [4.78, 5) is 11.4. The fraction of sp³-hybridized carbons (Fsp3) is 0.192. The van der Waals surface area contributed by atoms with Gasteiger partial charge in [-0.2, -0.15) is 0 Å². The second-order valence-electron chi connectivity index (χ2n) is 7.78. The number of rotatable bonds is 5. The van der Waals surface area contributed by atoms with Gasteiger partial charge in [0.15, 0.2) is 5.82 Å². The Labute approximate surface area is 170 Å². The Morgan fingerprint density at radius 2 is 1.62 bits per heavy atom. The summed E-state index contributed by atoms with van der Waals surface area (Å²) >= 11 is 0. The summed E-state index contributed by atoms with van der Waals surface area (Å²) in [5, 5.41) is 0.649. The van der Waals surface area contributed by atoms with Crippen molar-refractivity contribution in [3.05, 3.63) is 94.8 Å². The molecule has 0 spiro atoms. The average Bonchev–Trinajstić information content (AvgIpc) is 2.95. The summed E-state index contributed by atoms with van der Waals surface area (Å²) in [6.45, 7) is 6.16. The highest BCUT2D eigenvalue weighted by Gasteiger charge is 2.20. The molecule has 0 saturated carbocycles. The third kappa shape index (κ3) is 3.73. The molecule has 2 nitrogen and oxygen atoms in total. The number of aryl methyl sites for hydroxylation is 2. The Morgan fingerprint density at radius 1 is 0.931 bits per heavy atom. The lowest BCUT2D eigenvalue weighted by Gasteiger charge is -2.13. The number of ketones is 1. The molecule has 4 rings (SSSR count). The molecule has 0 aliphatic carbocycles. The largest absolute Gasteiger partial charge is 0.334 e. The topological polar surface area (TPSA) is 22.0 Å². The number of hydrogen-bond acceptors (Lipinski definition) is 1. The normalized spacial score (nSPS) is 11.2. The van der Waals surface area contributed by atoms with Gasteiger partial charge in [-0.3, -0.25) is 4.79 Å². The molecule has 3 aromatic carbocycles. The quantitative estimate of drug-likeness (QED) is 0.398. The standard InChI is InChI=1S/C26H24FNO/c1-17-8-13-24-23(14-17)25(27)26(22-7-5-4-6-18(22)2)28(24)16-21-11-9-20(10-12-21)15-19(3)29/h4-14H,15-16H2,1-3H3. The molecule has 29 heavy (non-hydrogen) atoms. The SMILES string of the molecule is CC(=O)Cc1ccc(Cn2c(-c3ccccc3C)c(F)c3cc(C)ccc32)cc1. The van der Waals surface area contributed by atoms with Crippen molar-refractivity contribution in [1.29, 1.82) is 0 Å². The van der Waals surface area contributed by atoms with Gasteiger partial charge in [0.05, 0.1) is 11.2 Å². The van der Waals surface area contributed by atoms with E-state index in [-0.39, 0.29) is 11.6 Å². The van der Waals surface area contributed by atoms with Gasteiger partial charge in [0.1, 0.15) is 5.78 Å². The number of fused-ring (bicyclic) bond motifs is 1. The van der Waals surface area contributed by atoms with Crippen molar-refractivity contribution in [2.75, 3.05) is 0 Å². The zero-order valence-corrected chi connectivity index (χ0v) is 17.0. The molecule has 0 fully saturated rings. The van der Waals surface area contributed by atoms with Crippen molar-refractivity contribution >= 4 is 16.7 Å². The Balaban J connectivity index is 1.85. The van der Waals surface area contributed by atoms with Gasteiger partial charge in [-0.25, -0.2) is 4.39 Å². The number of aromatic nitrogens is 1. The van der Waals surface area contributed by atoms with Gasteiger partial charge in [0.2, 0.25) is 0 Å². The lowest BCUT2D eigenvalue weighted by Crippen LogP contribution is -2.04. The van der Waals surface area contributed by atoms with E-state index in [1.165, 1.54) is 0 Å². The van der Waals surface area contributed by atoms with Crippen LogP contribution in [-0.4, -0.2) is 10.4 Å². The van der Waals surface area contributed by atoms with E-state index in [2.05, 4.69) is 4.57 Å². The molecule has 146 valence electrons. The minimum atomic E-state index is -0.175. The number of carbonyl (C=O) groups is 1. The van der Waals surface area contributed by atoms with Crippen LogP contribution in [0.15, 0.2) is 66.7 Å². The van der Waals surface area contributed by atoms with E-state index in [9.17, 15) is 4.79 Å². The van der Waals surface area contributed by atoms with Crippen molar-refractivity contribution in [3.8, 4) is 11.3 Å². The van der Waals surface area contributed by atoms with E-state index >= 15 is 4.39 Å². The van der Waals surface area contributed by atoms with E-state index in [0.29, 0.717) is 24.0 Å². The van der Waals surface area contributed by atoms with Gasteiger partial charge >= 0.3 is 0 Å². The first kappa shape index (κ1) is 19.1. The van der Waals surface area contributed by atoms with Crippen LogP contribution in [0.4, 0.5) is 4.39 Å². The number of Topliss-reactive ketones (excluding diaryl/α,β-unsaturated/α-hetero) is 1. The monoisotopic (exact) mass is 385 g/mol. The maximum Gasteiger partial charge on any atom is 0.156 e. The first-order valence-electron chi connectivity index (χ1n) is 9.85. The van der Waals surface area contributed by atoms with Crippen LogP contribution >= 0.6 is 0 Å². The Bertz CT molecular complexity index is 1200. The third-order valence-corrected chi connectivity index (χ3v) is 5.37. The predicted octanol–water partition coefficient (Wildman–Crippen LogP) is 6.24. The van der Waals surface area contributed by atoms with Crippen molar-refractivity contribution in [2.45, 2.75) is 33.7 Å². The van der Waals surface area contributed by atoms with Crippen LogP contribution < -0.4 is 0 Å². The molecule has 1 aromatic heterocycles. The van der Waals surface area contributed by atoms with Crippen molar-refractivity contribution in [3.63, 3.8) is 0 Å². The van der Waals surface area contributed by atoms with Crippen LogP contribution in [0.3, 0.4) is 0 Å². The molecular weight excluding hydrogens is 361 g/mol. The molecule has 0 amide bonds. The van der Waals surface area contributed by atoms with Crippen LogP contribution in [-0.2, 0) is 17.8 Å². The van der Waals surface area contributed by atoms with Crippen LogP contribution in [0.5, 0.6) is 0 Å². The van der Waals surface area contributed by atoms with E-state index in [0.717, 1.165) is 33.3 Å². The summed E-state index contributed by atoms with van der Waals surface area (Å²) in [6.07, 6.45) is 0.440. The van der Waals surface area contributed by atoms with Gasteiger partial charge in [-0.05, 0) is 49.6 Å². The summed E-state index contributed by atoms with van der Waals surface area (Å²) in [7, 11) is 0. The van der Waals surface area contributed by atoms with E-state index in [1.54, 1.807) is 6.92 Å². The van der Waals surface area contributed by atoms with Crippen LogP contribution in [0.1, 0.15) is 29.2 Å². The molecule has 0 atom stereocenters. The second kappa shape index (κ2) is 7.67. The Kier molecular flexibility index (Phi) is 5.06. The van der Waals surface area contributed by atoms with Crippen LogP contribution in [0.25, 0.3) is 22.2 Å². The van der Waals surface area contributed by atoms with Crippen molar-refractivity contribution < 1.29 is 9.18 Å². The highest BCUT2D eigenvalue weighted by molar-refractivity contribution is 5.89. The van der Waals surface area contributed by atoms with Gasteiger partial charge in [-0.15, -0.1) is 0 Å². The molecule has 0 aliphatic rings. The highest BCUT2D eigenvalue weighted by atomic mass is 19.1. The molecule has 0 N–H and O–H groups in total. The van der Waals surface area contributed by atoms with Gasteiger partial charge in [0.25, 0.3) is 0 Å². The van der Waals surface area contributed by atoms with E-state index in [1.807, 2.05) is 80.6 Å². The summed E-state index contributed by atoms with van der Waals surface area (Å²) in [5.74, 6) is -0.0281. The maximum absolute atomic E-state index is 15.6. The van der Waals surface area contributed by atoms with Crippen molar-refractivity contribution in [1.82, 2.24) is 4.57 Å². The molecule has 4 aromatic rings. The molecule has 0 bridgehead atoms. The minimum Gasteiger partial charge on any atom is -0.334 e. The zero-order chi connectivity index (χ0) is 20.5. The van der Waals surface area contributed by atoms with Gasteiger partial charge < -0.3 is 4.57 Å². The van der Waals surface area contributed by atoms with E-state index in [4.69, 9.17) is 0 Å². The second-order valence-corrected chi connectivity index (χ2v) is 7.78. The Hall–Kier alpha value is -3.20. The number of halogens is 1. The highest BCUT2D eigenvalue weighted by Crippen LogP contribution is 2.35. The number of nitrogens with zero attached hydrogens (tertiary/aromatic N) is 1. The lowest BCUT2D eigenvalue weighted by molar-refractivity contribution is -0.116. The number of carbonyl (C=O) groups excluding carboxylic acids is 1. The molecule has 3 heteroatoms. The Morgan fingerprint density at radius 3 is 2.31 bits per heavy atom. The first-order valence-corrected chi connectivity index (χ1v) is 9.85. The average molecular weight is 385 g/mol. The summed E-state index contributed by atoms with van der Waals surface area (Å²) in [5.41, 5.74) is 6.58. The molecular formula is C26H24FNO. The van der Waals surface area contributed by atoms with Crippen molar-refractivity contribution in [2.24, 2.45) is 0 Å². The molecule has 0 aliphatic heterocycles. The predicted molar refractivity (Wildman–Crippen MR) is 117 cm³/mol. The fourth-order valence-electron chi connectivity index (χ4n) is 3.93. The molecule has 0 saturated heterocycles. The third-order valence-electron chi connectivity index (χ3n) is 5.37. The lowest BCUT2D eigenvalue weighted by atomic mass is 10.0. The number of benzene rings is 3. The molecule has 0 unspecified atom stereocenters. The summed E-state index contributed by atoms with van der Waals surface area (Å²) < 4.78 is 17.6. The number of hydrogen-bond donors (Lipinski definition) is 0. The van der Waals surface area contributed by atoms with Gasteiger partial charge in [-0.1, -0.05) is 60.2 Å². The smallest absolute Gasteiger partial charge is 0.156 e. The molecule has 0 radical (unpaired) electrons. The molecule has 1 heterocycles. The van der Waals surface area contributed by atoms with Crippen LogP contribution in [0, 0.1) is 19.7 Å². The maximum atomic E-state index is 15.6. The van der Waals surface area contributed by atoms with E-state index < -0.39 is 0 Å².